The van der Waals surface area contributed by atoms with Crippen molar-refractivity contribution in [1.29, 1.82) is 0 Å². The van der Waals surface area contributed by atoms with E-state index in [1.54, 1.807) is 0 Å². The van der Waals surface area contributed by atoms with Crippen molar-refractivity contribution in [1.82, 2.24) is 18.8 Å². The highest BCUT2D eigenvalue weighted by atomic mass is 32.2. The van der Waals surface area contributed by atoms with E-state index in [1.807, 2.05) is 0 Å². The first-order valence-corrected chi connectivity index (χ1v) is 13.0. The first-order chi connectivity index (χ1) is 16.5. The van der Waals surface area contributed by atoms with Gasteiger partial charge < -0.3 is 15.3 Å². The van der Waals surface area contributed by atoms with Crippen LogP contribution >= 0.6 is 0 Å². The van der Waals surface area contributed by atoms with Crippen LogP contribution in [0.5, 0.6) is 0 Å². The number of benzene rings is 1. The third-order valence-corrected chi connectivity index (χ3v) is 8.74. The Labute approximate surface area is 202 Å². The monoisotopic (exact) mass is 518 g/mol. The van der Waals surface area contributed by atoms with Crippen LogP contribution < -0.4 is 5.32 Å². The van der Waals surface area contributed by atoms with E-state index in [4.69, 9.17) is 0 Å². The number of aliphatic hydroxyl groups excluding tert-OH is 1. The molecule has 0 bridgehead atoms. The molecule has 3 fully saturated rings. The van der Waals surface area contributed by atoms with Gasteiger partial charge in [-0.05, 0) is 43.4 Å². The number of amides is 2. The van der Waals surface area contributed by atoms with Gasteiger partial charge in [0.05, 0.1) is 17.6 Å². The molecule has 0 aromatic heterocycles. The molecule has 35 heavy (non-hydrogen) atoms. The summed E-state index contributed by atoms with van der Waals surface area (Å²) in [6.45, 7) is 0.848. The third kappa shape index (κ3) is 5.63. The maximum Gasteiger partial charge on any atom is 0.416 e. The van der Waals surface area contributed by atoms with Gasteiger partial charge in [0.2, 0.25) is 11.8 Å². The van der Waals surface area contributed by atoms with Crippen molar-refractivity contribution in [2.45, 2.75) is 50.6 Å². The predicted octanol–water partition coefficient (Wildman–Crippen LogP) is 0.946. The second kappa shape index (κ2) is 10.0. The second-order valence-electron chi connectivity index (χ2n) is 9.28. The molecule has 4 rings (SSSR count). The van der Waals surface area contributed by atoms with Crippen LogP contribution in [-0.4, -0.2) is 83.7 Å². The molecule has 0 spiro atoms. The third-order valence-electron chi connectivity index (χ3n) is 6.80. The number of carbonyl (C=O) groups is 2. The van der Waals surface area contributed by atoms with Crippen LogP contribution in [0.15, 0.2) is 24.3 Å². The molecule has 2 N–H and O–H groups in total. The van der Waals surface area contributed by atoms with Crippen LogP contribution in [0.3, 0.4) is 0 Å². The Morgan fingerprint density at radius 2 is 1.66 bits per heavy atom. The van der Waals surface area contributed by atoms with E-state index < -0.39 is 40.0 Å². The number of alkyl halides is 3. The summed E-state index contributed by atoms with van der Waals surface area (Å²) in [6, 6.07) is 3.81. The summed E-state index contributed by atoms with van der Waals surface area (Å²) in [5.41, 5.74) is -0.263. The molecule has 3 heterocycles. The number of carbonyl (C=O) groups excluding carboxylic acids is 2. The largest absolute Gasteiger partial charge is 0.416 e. The lowest BCUT2D eigenvalue weighted by Gasteiger charge is -2.41. The minimum atomic E-state index is -4.43. The summed E-state index contributed by atoms with van der Waals surface area (Å²) in [4.78, 5) is 27.6. The minimum Gasteiger partial charge on any atom is -0.390 e. The number of nitrogens with zero attached hydrogens (tertiary/aromatic N) is 3. The molecule has 0 radical (unpaired) electrons. The average Bonchev–Trinajstić information content (AvgIpc) is 3.30. The number of aliphatic hydroxyl groups is 1. The van der Waals surface area contributed by atoms with Crippen molar-refractivity contribution < 1.29 is 36.3 Å². The van der Waals surface area contributed by atoms with Gasteiger partial charge in [-0.1, -0.05) is 12.1 Å². The van der Waals surface area contributed by atoms with Crippen LogP contribution in [0, 0.1) is 5.92 Å². The summed E-state index contributed by atoms with van der Waals surface area (Å²) >= 11 is 0. The molecular formula is C22H29F3N4O5S. The number of hydrogen-bond donors (Lipinski definition) is 2. The number of likely N-dealkylation sites (tertiary alicyclic amines) is 1. The highest BCUT2D eigenvalue weighted by Crippen LogP contribution is 2.30. The Balaban J connectivity index is 1.34. The van der Waals surface area contributed by atoms with Gasteiger partial charge in [0.25, 0.3) is 10.2 Å². The minimum absolute atomic E-state index is 0.0319. The zero-order valence-corrected chi connectivity index (χ0v) is 19.9. The lowest BCUT2D eigenvalue weighted by molar-refractivity contribution is -0.142. The van der Waals surface area contributed by atoms with Gasteiger partial charge in [0.1, 0.15) is 6.04 Å². The molecule has 3 aliphatic heterocycles. The van der Waals surface area contributed by atoms with Crippen molar-refractivity contribution in [3.05, 3.63) is 35.4 Å². The number of nitrogens with one attached hydrogen (secondary N) is 1. The lowest BCUT2D eigenvalue weighted by atomic mass is 9.97. The summed E-state index contributed by atoms with van der Waals surface area (Å²) in [5.74, 6) is -1.21. The molecule has 9 nitrogen and oxygen atoms in total. The molecule has 1 aromatic rings. The van der Waals surface area contributed by atoms with Gasteiger partial charge in [-0.2, -0.15) is 30.2 Å². The summed E-state index contributed by atoms with van der Waals surface area (Å²) < 4.78 is 66.2. The standard InChI is InChI=1S/C22H29F3N4O5S/c23-22(24,25)17-7-5-15(6-8-17)11-26-20(31)19-4-2-10-29(19)21(32)16-3-1-9-27(12-16)35(33,34)28-13-18(30)14-28/h5-8,16,18-19,30H,1-4,9-14H2,(H,26,31)/t16-,19+/m0/s1. The quantitative estimate of drug-likeness (QED) is 0.583. The van der Waals surface area contributed by atoms with Crippen LogP contribution in [0.4, 0.5) is 13.2 Å². The van der Waals surface area contributed by atoms with Crippen LogP contribution in [0.1, 0.15) is 36.8 Å². The van der Waals surface area contributed by atoms with Gasteiger partial charge in [0.15, 0.2) is 0 Å². The highest BCUT2D eigenvalue weighted by molar-refractivity contribution is 7.86. The van der Waals surface area contributed by atoms with E-state index in [-0.39, 0.29) is 38.0 Å². The number of rotatable bonds is 6. The van der Waals surface area contributed by atoms with Crippen LogP contribution in [0.2, 0.25) is 0 Å². The van der Waals surface area contributed by atoms with E-state index in [9.17, 15) is 36.3 Å². The molecule has 0 unspecified atom stereocenters. The maximum atomic E-state index is 13.3. The normalized spacial score (nSPS) is 24.9. The van der Waals surface area contributed by atoms with E-state index >= 15 is 0 Å². The smallest absolute Gasteiger partial charge is 0.390 e. The predicted molar refractivity (Wildman–Crippen MR) is 119 cm³/mol. The maximum absolute atomic E-state index is 13.3. The molecule has 13 heteroatoms. The fourth-order valence-corrected chi connectivity index (χ4v) is 6.55. The summed E-state index contributed by atoms with van der Waals surface area (Å²) in [5, 5.41) is 12.1. The summed E-state index contributed by atoms with van der Waals surface area (Å²) in [7, 11) is -3.74. The number of hydrogen-bond acceptors (Lipinski definition) is 5. The van der Waals surface area contributed by atoms with Gasteiger partial charge in [-0.15, -0.1) is 0 Å². The summed E-state index contributed by atoms with van der Waals surface area (Å²) in [6.07, 6.45) is -2.97. The average molecular weight is 519 g/mol. The number of halogens is 3. The molecular weight excluding hydrogens is 489 g/mol. The van der Waals surface area contributed by atoms with Gasteiger partial charge in [0, 0.05) is 39.3 Å². The molecule has 1 aromatic carbocycles. The van der Waals surface area contributed by atoms with Crippen molar-refractivity contribution in [2.24, 2.45) is 5.92 Å². The fourth-order valence-electron chi connectivity index (χ4n) is 4.78. The number of β-amino-alcohol motifs (C(OH)–C–C–N with tert-alkyl or cyclic N) is 1. The van der Waals surface area contributed by atoms with Gasteiger partial charge >= 0.3 is 6.18 Å². The first-order valence-electron chi connectivity index (χ1n) is 11.6. The molecule has 0 saturated carbocycles. The Morgan fingerprint density at radius 3 is 2.29 bits per heavy atom. The Bertz CT molecular complexity index is 1040. The van der Waals surface area contributed by atoms with Gasteiger partial charge in [-0.25, -0.2) is 0 Å². The van der Waals surface area contributed by atoms with E-state index in [2.05, 4.69) is 5.32 Å². The van der Waals surface area contributed by atoms with Crippen LogP contribution in [-0.2, 0) is 32.5 Å². The van der Waals surface area contributed by atoms with Crippen molar-refractivity contribution in [3.63, 3.8) is 0 Å². The molecule has 2 atom stereocenters. The van der Waals surface area contributed by atoms with Crippen molar-refractivity contribution >= 4 is 22.0 Å². The first kappa shape index (κ1) is 25.9. The molecule has 2 amide bonds. The molecule has 3 aliphatic rings. The topological polar surface area (TPSA) is 110 Å². The van der Waals surface area contributed by atoms with Crippen molar-refractivity contribution in [3.8, 4) is 0 Å². The van der Waals surface area contributed by atoms with E-state index in [1.165, 1.54) is 25.6 Å². The second-order valence-corrected chi connectivity index (χ2v) is 11.2. The Hall–Kier alpha value is -2.22. The molecule has 0 aliphatic carbocycles. The lowest BCUT2D eigenvalue weighted by Crippen LogP contribution is -2.59. The Kier molecular flexibility index (Phi) is 7.41. The van der Waals surface area contributed by atoms with Gasteiger partial charge in [-0.3, -0.25) is 9.59 Å². The highest BCUT2D eigenvalue weighted by Gasteiger charge is 2.43. The fraction of sp³-hybridized carbons (Fsp3) is 0.636. The van der Waals surface area contributed by atoms with Crippen molar-refractivity contribution in [2.75, 3.05) is 32.7 Å². The Morgan fingerprint density at radius 1 is 1.00 bits per heavy atom. The zero-order valence-electron chi connectivity index (χ0n) is 19.1. The van der Waals surface area contributed by atoms with E-state index in [0.29, 0.717) is 44.3 Å². The number of piperidine rings is 1. The zero-order chi connectivity index (χ0) is 25.4. The molecule has 194 valence electrons. The SMILES string of the molecule is O=C(NCc1ccc(C(F)(F)F)cc1)[C@H]1CCCN1C(=O)[C@H]1CCCN(S(=O)(=O)N2CC(O)C2)C1. The van der Waals surface area contributed by atoms with Crippen LogP contribution in [0.25, 0.3) is 0 Å². The molecule has 3 saturated heterocycles. The van der Waals surface area contributed by atoms with E-state index in [0.717, 1.165) is 12.1 Å².